The Balaban J connectivity index is 0.000000810. The number of nitrogens with zero attached hydrogens (tertiary/aromatic N) is 1. The van der Waals surface area contributed by atoms with E-state index in [1.165, 1.54) is 12.1 Å². The van der Waals surface area contributed by atoms with Gasteiger partial charge in [0.25, 0.3) is 5.69 Å². The van der Waals surface area contributed by atoms with E-state index in [1.54, 1.807) is 18.2 Å². The minimum atomic E-state index is -0.417. The maximum Gasteiger partial charge on any atom is 0.269 e. The second-order valence-corrected chi connectivity index (χ2v) is 1.59. The zero-order valence-electron chi connectivity index (χ0n) is 5.36. The summed E-state index contributed by atoms with van der Waals surface area (Å²) in [5.74, 6) is 0. The minimum Gasteiger partial charge on any atom is -0.258 e. The molecule has 1 atom stereocenters. The summed E-state index contributed by atoms with van der Waals surface area (Å²) in [5.41, 5.74) is 0.137. The van der Waals surface area contributed by atoms with E-state index < -0.39 is 4.92 Å². The minimum absolute atomic E-state index is 0. The van der Waals surface area contributed by atoms with Crippen LogP contribution < -0.4 is 0 Å². The molecule has 1 aromatic carbocycles. The van der Waals surface area contributed by atoms with E-state index in [2.05, 4.69) is 0 Å². The molecule has 1 rings (SSSR count). The molecule has 3 nitrogen and oxygen atoms in total. The molecule has 0 saturated heterocycles. The van der Waals surface area contributed by atoms with Crippen molar-refractivity contribution in [2.75, 3.05) is 0 Å². The summed E-state index contributed by atoms with van der Waals surface area (Å²) < 4.78 is 0. The predicted octanol–water partition coefficient (Wildman–Crippen LogP) is 1.65. The van der Waals surface area contributed by atoms with Crippen LogP contribution in [0.1, 0.15) is 0 Å². The van der Waals surface area contributed by atoms with Crippen molar-refractivity contribution in [3.05, 3.63) is 40.4 Å². The first kappa shape index (κ1) is 9.05. The van der Waals surface area contributed by atoms with Gasteiger partial charge in [-0.15, -0.1) is 0 Å². The number of rotatable bonds is 1. The molecule has 0 bridgehead atoms. The van der Waals surface area contributed by atoms with Crippen molar-refractivity contribution in [2.45, 2.75) is 0 Å². The Morgan fingerprint density at radius 2 is 1.70 bits per heavy atom. The highest BCUT2D eigenvalue weighted by atomic mass is 31.0. The third-order valence-corrected chi connectivity index (χ3v) is 0.967. The fourth-order valence-electron chi connectivity index (χ4n) is 0.550. The van der Waals surface area contributed by atoms with Crippen molar-refractivity contribution in [3.63, 3.8) is 0 Å². The van der Waals surface area contributed by atoms with Gasteiger partial charge in [0.05, 0.1) is 4.92 Å². The lowest BCUT2D eigenvalue weighted by Gasteiger charge is -1.85. The molecule has 0 aromatic heterocycles. The van der Waals surface area contributed by atoms with Crippen LogP contribution in [0, 0.1) is 10.1 Å². The standard InChI is InChI=1S/C6H5NO2.H3P/c8-7(9)6-4-2-1-3-5-6;/h1-5H;1H3. The number of hydrogen-bond donors (Lipinski definition) is 0. The Morgan fingerprint density at radius 1 is 1.20 bits per heavy atom. The van der Waals surface area contributed by atoms with Gasteiger partial charge in [0.2, 0.25) is 0 Å². The van der Waals surface area contributed by atoms with Gasteiger partial charge >= 0.3 is 0 Å². The summed E-state index contributed by atoms with van der Waals surface area (Å²) >= 11 is 0. The Hall–Kier alpha value is -0.950. The normalized spacial score (nSPS) is 8.00. The quantitative estimate of drug-likeness (QED) is 0.353. The van der Waals surface area contributed by atoms with Crippen molar-refractivity contribution < 1.29 is 4.92 Å². The van der Waals surface area contributed by atoms with Crippen LogP contribution in [0.2, 0.25) is 0 Å². The molecule has 1 aromatic rings. The fourth-order valence-corrected chi connectivity index (χ4v) is 0.550. The summed E-state index contributed by atoms with van der Waals surface area (Å²) in [5, 5.41) is 10.0. The number of nitro groups is 1. The van der Waals surface area contributed by atoms with Crippen molar-refractivity contribution in [3.8, 4) is 0 Å². The highest BCUT2D eigenvalue weighted by molar-refractivity contribution is 6.92. The lowest BCUT2D eigenvalue weighted by molar-refractivity contribution is -0.384. The van der Waals surface area contributed by atoms with Crippen LogP contribution in [0.15, 0.2) is 30.3 Å². The van der Waals surface area contributed by atoms with Gasteiger partial charge in [-0.1, -0.05) is 18.2 Å². The first-order valence-electron chi connectivity index (χ1n) is 2.50. The first-order valence-corrected chi connectivity index (χ1v) is 2.50. The Morgan fingerprint density at radius 3 is 2.00 bits per heavy atom. The van der Waals surface area contributed by atoms with Crippen LogP contribution in [0.3, 0.4) is 0 Å². The molecule has 10 heavy (non-hydrogen) atoms. The summed E-state index contributed by atoms with van der Waals surface area (Å²) in [6, 6.07) is 7.93. The molecule has 0 N–H and O–H groups in total. The van der Waals surface area contributed by atoms with Crippen molar-refractivity contribution in [1.29, 1.82) is 0 Å². The fraction of sp³-hybridized carbons (Fsp3) is 0. The zero-order valence-corrected chi connectivity index (χ0v) is 6.77. The van der Waals surface area contributed by atoms with E-state index >= 15 is 0 Å². The molecular weight excluding hydrogens is 149 g/mol. The number of hydrogen-bond acceptors (Lipinski definition) is 2. The third kappa shape index (κ3) is 2.11. The highest BCUT2D eigenvalue weighted by Crippen LogP contribution is 2.06. The van der Waals surface area contributed by atoms with Crippen molar-refractivity contribution in [1.82, 2.24) is 0 Å². The monoisotopic (exact) mass is 157 g/mol. The number of non-ortho nitro benzene ring substituents is 1. The maximum atomic E-state index is 10.0. The van der Waals surface area contributed by atoms with Gasteiger partial charge in [0.15, 0.2) is 0 Å². The van der Waals surface area contributed by atoms with E-state index in [-0.39, 0.29) is 15.6 Å². The molecule has 0 amide bonds. The largest absolute Gasteiger partial charge is 0.269 e. The smallest absolute Gasteiger partial charge is 0.258 e. The van der Waals surface area contributed by atoms with Crippen molar-refractivity contribution in [2.24, 2.45) is 0 Å². The average molecular weight is 157 g/mol. The van der Waals surface area contributed by atoms with E-state index in [0.717, 1.165) is 0 Å². The van der Waals surface area contributed by atoms with Gasteiger partial charge in [0.1, 0.15) is 0 Å². The molecule has 54 valence electrons. The van der Waals surface area contributed by atoms with E-state index in [0.29, 0.717) is 0 Å². The second kappa shape index (κ2) is 3.96. The van der Waals surface area contributed by atoms with Gasteiger partial charge < -0.3 is 0 Å². The van der Waals surface area contributed by atoms with E-state index in [1.807, 2.05) is 0 Å². The predicted molar refractivity (Wildman–Crippen MR) is 44.2 cm³/mol. The van der Waals surface area contributed by atoms with Gasteiger partial charge in [-0.2, -0.15) is 9.90 Å². The molecule has 0 fully saturated rings. The summed E-state index contributed by atoms with van der Waals surface area (Å²) in [7, 11) is 0. The molecule has 0 aliphatic heterocycles. The zero-order chi connectivity index (χ0) is 6.69. The van der Waals surface area contributed by atoms with E-state index in [4.69, 9.17) is 0 Å². The Bertz CT molecular complexity index is 212. The van der Waals surface area contributed by atoms with Crippen LogP contribution in [0.4, 0.5) is 5.69 Å². The van der Waals surface area contributed by atoms with Crippen molar-refractivity contribution >= 4 is 15.6 Å². The molecule has 0 aliphatic carbocycles. The van der Waals surface area contributed by atoms with Crippen LogP contribution in [0.25, 0.3) is 0 Å². The van der Waals surface area contributed by atoms with Gasteiger partial charge in [0, 0.05) is 12.1 Å². The van der Waals surface area contributed by atoms with Gasteiger partial charge in [-0.25, -0.2) is 0 Å². The number of para-hydroxylation sites is 1. The summed E-state index contributed by atoms with van der Waals surface area (Å²) in [4.78, 5) is 9.59. The average Bonchev–Trinajstić information content (AvgIpc) is 1.90. The molecule has 0 aliphatic rings. The topological polar surface area (TPSA) is 43.1 Å². The van der Waals surface area contributed by atoms with Crippen LogP contribution in [0.5, 0.6) is 0 Å². The second-order valence-electron chi connectivity index (χ2n) is 1.59. The molecule has 0 spiro atoms. The molecular formula is C6H8NO2P. The first-order chi connectivity index (χ1) is 4.30. The Labute approximate surface area is 61.8 Å². The van der Waals surface area contributed by atoms with Gasteiger partial charge in [-0.3, -0.25) is 10.1 Å². The lowest BCUT2D eigenvalue weighted by Crippen LogP contribution is -1.84. The summed E-state index contributed by atoms with van der Waals surface area (Å²) in [6.07, 6.45) is 0. The molecule has 0 saturated carbocycles. The number of benzene rings is 1. The highest BCUT2D eigenvalue weighted by Gasteiger charge is 1.98. The maximum absolute atomic E-state index is 10.0. The number of nitro benzene ring substituents is 1. The molecule has 1 unspecified atom stereocenters. The van der Waals surface area contributed by atoms with Crippen LogP contribution in [-0.2, 0) is 0 Å². The molecule has 4 heteroatoms. The van der Waals surface area contributed by atoms with Crippen LogP contribution >= 0.6 is 9.90 Å². The lowest BCUT2D eigenvalue weighted by atomic mass is 10.3. The third-order valence-electron chi connectivity index (χ3n) is 0.967. The SMILES string of the molecule is O=[N+]([O-])c1ccccc1.P. The van der Waals surface area contributed by atoms with Gasteiger partial charge in [-0.05, 0) is 0 Å². The van der Waals surface area contributed by atoms with E-state index in [9.17, 15) is 10.1 Å². The Kier molecular flexibility index (Phi) is 3.59. The molecule has 0 heterocycles. The van der Waals surface area contributed by atoms with Crippen LogP contribution in [-0.4, -0.2) is 4.92 Å². The molecule has 0 radical (unpaired) electrons. The summed E-state index contributed by atoms with van der Waals surface area (Å²) in [6.45, 7) is 0.